The van der Waals surface area contributed by atoms with E-state index in [1.54, 1.807) is 25.3 Å². The SMILES string of the molecule is C[C@H](NC(=O)c1cc(C#N)cnc1NCc1ccc(-c2cnc(N)c(O[C@@H]3CCC[C@H]3N)n2)cc1)c1ccc(F)cc1. The van der Waals surface area contributed by atoms with Crippen molar-refractivity contribution < 1.29 is 13.9 Å². The van der Waals surface area contributed by atoms with Crippen molar-refractivity contribution in [1.29, 1.82) is 5.26 Å². The first-order valence-electron chi connectivity index (χ1n) is 13.6. The number of hydrogen-bond acceptors (Lipinski definition) is 9. The van der Waals surface area contributed by atoms with Crippen LogP contribution in [0.1, 0.15) is 59.3 Å². The Hall–Kier alpha value is -5.08. The van der Waals surface area contributed by atoms with Crippen molar-refractivity contribution in [2.75, 3.05) is 11.1 Å². The minimum atomic E-state index is -0.409. The minimum absolute atomic E-state index is 0.0444. The molecule has 1 aliphatic carbocycles. The van der Waals surface area contributed by atoms with Gasteiger partial charge in [-0.05, 0) is 55.5 Å². The predicted molar refractivity (Wildman–Crippen MR) is 157 cm³/mol. The van der Waals surface area contributed by atoms with Gasteiger partial charge in [0, 0.05) is 24.3 Å². The molecule has 4 aromatic rings. The van der Waals surface area contributed by atoms with Gasteiger partial charge in [-0.1, -0.05) is 36.4 Å². The molecule has 10 nitrogen and oxygen atoms in total. The zero-order chi connectivity index (χ0) is 29.6. The normalized spacial score (nSPS) is 16.8. The summed E-state index contributed by atoms with van der Waals surface area (Å²) in [6.07, 6.45) is 5.66. The minimum Gasteiger partial charge on any atom is -0.470 e. The van der Waals surface area contributed by atoms with Crippen molar-refractivity contribution in [3.63, 3.8) is 0 Å². The number of carbonyl (C=O) groups is 1. The van der Waals surface area contributed by atoms with Gasteiger partial charge in [-0.15, -0.1) is 0 Å². The Morgan fingerprint density at radius 1 is 1.14 bits per heavy atom. The van der Waals surface area contributed by atoms with Crippen molar-refractivity contribution in [2.24, 2.45) is 5.73 Å². The number of nitrogens with zero attached hydrogens (tertiary/aromatic N) is 4. The molecule has 42 heavy (non-hydrogen) atoms. The average molecular weight is 567 g/mol. The van der Waals surface area contributed by atoms with Gasteiger partial charge in [-0.25, -0.2) is 19.3 Å². The highest BCUT2D eigenvalue weighted by atomic mass is 19.1. The molecule has 0 aliphatic heterocycles. The van der Waals surface area contributed by atoms with Gasteiger partial charge in [0.05, 0.1) is 29.1 Å². The molecular weight excluding hydrogens is 535 g/mol. The number of nitrogen functional groups attached to an aromatic ring is 1. The van der Waals surface area contributed by atoms with E-state index in [1.165, 1.54) is 24.4 Å². The third-order valence-electron chi connectivity index (χ3n) is 7.22. The van der Waals surface area contributed by atoms with E-state index < -0.39 is 5.91 Å². The average Bonchev–Trinajstić information content (AvgIpc) is 3.41. The molecule has 2 heterocycles. The Bertz CT molecular complexity index is 1610. The summed E-state index contributed by atoms with van der Waals surface area (Å²) in [5, 5.41) is 15.4. The monoisotopic (exact) mass is 566 g/mol. The van der Waals surface area contributed by atoms with Crippen LogP contribution in [0.4, 0.5) is 16.0 Å². The third kappa shape index (κ3) is 6.62. The number of pyridine rings is 1. The number of hydrogen-bond donors (Lipinski definition) is 4. The first-order chi connectivity index (χ1) is 20.3. The lowest BCUT2D eigenvalue weighted by atomic mass is 10.1. The predicted octanol–water partition coefficient (Wildman–Crippen LogP) is 4.49. The Labute approximate surface area is 243 Å². The molecule has 214 valence electrons. The van der Waals surface area contributed by atoms with E-state index in [-0.39, 0.29) is 46.8 Å². The number of nitrogens with one attached hydrogen (secondary N) is 2. The summed E-state index contributed by atoms with van der Waals surface area (Å²) in [4.78, 5) is 26.3. The number of halogens is 1. The molecule has 2 aromatic carbocycles. The summed E-state index contributed by atoms with van der Waals surface area (Å²) in [6.45, 7) is 2.17. The van der Waals surface area contributed by atoms with Crippen LogP contribution in [-0.2, 0) is 6.54 Å². The number of aromatic nitrogens is 3. The van der Waals surface area contributed by atoms with Gasteiger partial charge in [0.25, 0.3) is 11.8 Å². The number of ether oxygens (including phenoxy) is 1. The van der Waals surface area contributed by atoms with Crippen LogP contribution < -0.4 is 26.8 Å². The zero-order valence-corrected chi connectivity index (χ0v) is 23.0. The molecule has 1 amide bonds. The lowest BCUT2D eigenvalue weighted by Crippen LogP contribution is -2.34. The van der Waals surface area contributed by atoms with Crippen LogP contribution in [0.15, 0.2) is 67.0 Å². The quantitative estimate of drug-likeness (QED) is 0.228. The second-order valence-corrected chi connectivity index (χ2v) is 10.2. The molecule has 0 saturated heterocycles. The van der Waals surface area contributed by atoms with Crippen molar-refractivity contribution in [2.45, 2.75) is 50.9 Å². The van der Waals surface area contributed by atoms with Gasteiger partial charge < -0.3 is 26.8 Å². The van der Waals surface area contributed by atoms with Crippen LogP contribution in [0, 0.1) is 17.1 Å². The highest BCUT2D eigenvalue weighted by Crippen LogP contribution is 2.28. The second kappa shape index (κ2) is 12.6. The van der Waals surface area contributed by atoms with Gasteiger partial charge in [0.1, 0.15) is 23.8 Å². The maximum absolute atomic E-state index is 13.3. The van der Waals surface area contributed by atoms with Gasteiger partial charge >= 0.3 is 0 Å². The number of anilines is 2. The lowest BCUT2D eigenvalue weighted by molar-refractivity contribution is 0.0940. The molecule has 1 aliphatic rings. The Balaban J connectivity index is 1.27. The van der Waals surface area contributed by atoms with Crippen LogP contribution in [0.2, 0.25) is 0 Å². The summed E-state index contributed by atoms with van der Waals surface area (Å²) in [5.41, 5.74) is 15.7. The van der Waals surface area contributed by atoms with Gasteiger partial charge in [0.15, 0.2) is 5.82 Å². The zero-order valence-electron chi connectivity index (χ0n) is 23.0. The van der Waals surface area contributed by atoms with Crippen molar-refractivity contribution >= 4 is 17.5 Å². The number of rotatable bonds is 9. The van der Waals surface area contributed by atoms with E-state index in [0.29, 0.717) is 18.1 Å². The van der Waals surface area contributed by atoms with E-state index in [1.807, 2.05) is 30.3 Å². The number of carbonyl (C=O) groups excluding carboxylic acids is 1. The van der Waals surface area contributed by atoms with Crippen molar-refractivity contribution in [3.8, 4) is 23.2 Å². The summed E-state index contributed by atoms with van der Waals surface area (Å²) >= 11 is 0. The summed E-state index contributed by atoms with van der Waals surface area (Å²) in [6, 6.07) is 16.7. The summed E-state index contributed by atoms with van der Waals surface area (Å²) < 4.78 is 19.3. The Morgan fingerprint density at radius 2 is 1.90 bits per heavy atom. The Kier molecular flexibility index (Phi) is 8.55. The van der Waals surface area contributed by atoms with E-state index in [4.69, 9.17) is 16.2 Å². The molecule has 0 spiro atoms. The number of nitrogens with two attached hydrogens (primary N) is 2. The Morgan fingerprint density at radius 3 is 2.60 bits per heavy atom. The first kappa shape index (κ1) is 28.4. The fraction of sp³-hybridized carbons (Fsp3) is 0.258. The number of amides is 1. The van der Waals surface area contributed by atoms with Crippen LogP contribution in [0.25, 0.3) is 11.3 Å². The highest BCUT2D eigenvalue weighted by Gasteiger charge is 2.27. The van der Waals surface area contributed by atoms with Crippen LogP contribution in [-0.4, -0.2) is 33.0 Å². The van der Waals surface area contributed by atoms with Gasteiger partial charge in [0.2, 0.25) is 0 Å². The lowest BCUT2D eigenvalue weighted by Gasteiger charge is -2.18. The molecule has 0 radical (unpaired) electrons. The molecule has 2 aromatic heterocycles. The van der Waals surface area contributed by atoms with Gasteiger partial charge in [-0.3, -0.25) is 4.79 Å². The van der Waals surface area contributed by atoms with E-state index in [2.05, 4.69) is 25.6 Å². The molecule has 6 N–H and O–H groups in total. The molecule has 0 bridgehead atoms. The molecule has 0 unspecified atom stereocenters. The van der Waals surface area contributed by atoms with E-state index >= 15 is 0 Å². The van der Waals surface area contributed by atoms with Gasteiger partial charge in [-0.2, -0.15) is 5.26 Å². The van der Waals surface area contributed by atoms with E-state index in [9.17, 15) is 14.4 Å². The second-order valence-electron chi connectivity index (χ2n) is 10.2. The molecule has 3 atom stereocenters. The molecule has 1 saturated carbocycles. The maximum atomic E-state index is 13.3. The smallest absolute Gasteiger partial charge is 0.258 e. The molecule has 5 rings (SSSR count). The molecule has 11 heteroatoms. The summed E-state index contributed by atoms with van der Waals surface area (Å²) in [5.74, 6) is 0.0749. The standard InChI is InChI=1S/C31H31FN8O2/c1-18(21-9-11-23(32)12-10-21)39-30(41)24-13-20(14-33)16-38-29(24)37-15-19-5-7-22(8-6-19)26-17-36-28(35)31(40-26)42-27-4-2-3-25(27)34/h5-13,16-18,25,27H,2-4,15,34H2,1H3,(H2,35,36)(H,37,38)(H,39,41)/t18-,25+,27+/m0/s1. The van der Waals surface area contributed by atoms with E-state index in [0.717, 1.165) is 36.0 Å². The topological polar surface area (TPSA) is 165 Å². The molecular formula is C31H31FN8O2. The first-order valence-corrected chi connectivity index (χ1v) is 13.6. The maximum Gasteiger partial charge on any atom is 0.258 e. The number of nitriles is 1. The fourth-order valence-corrected chi connectivity index (χ4v) is 4.78. The summed E-state index contributed by atoms with van der Waals surface area (Å²) in [7, 11) is 0. The van der Waals surface area contributed by atoms with Crippen molar-refractivity contribution in [3.05, 3.63) is 95.1 Å². The third-order valence-corrected chi connectivity index (χ3v) is 7.22. The fourth-order valence-electron chi connectivity index (χ4n) is 4.78. The largest absolute Gasteiger partial charge is 0.470 e. The van der Waals surface area contributed by atoms with Crippen molar-refractivity contribution in [1.82, 2.24) is 20.3 Å². The number of benzene rings is 2. The molecule has 1 fully saturated rings. The van der Waals surface area contributed by atoms with Crippen LogP contribution >= 0.6 is 0 Å². The van der Waals surface area contributed by atoms with Crippen LogP contribution in [0.3, 0.4) is 0 Å². The van der Waals surface area contributed by atoms with Crippen LogP contribution in [0.5, 0.6) is 5.88 Å². The highest BCUT2D eigenvalue weighted by molar-refractivity contribution is 5.99.